The predicted octanol–water partition coefficient (Wildman–Crippen LogP) is 2.40. The number of hydrogen-bond donors (Lipinski definition) is 1. The van der Waals surface area contributed by atoms with Gasteiger partial charge in [-0.3, -0.25) is 10.0 Å². The summed E-state index contributed by atoms with van der Waals surface area (Å²) in [5.74, 6) is -1.05. The topological polar surface area (TPSA) is 95.7 Å². The highest BCUT2D eigenvalue weighted by Crippen LogP contribution is 2.33. The molecule has 0 unspecified atom stereocenters. The number of aromatic nitrogens is 2. The van der Waals surface area contributed by atoms with Crippen LogP contribution in [0, 0.1) is 5.82 Å². The summed E-state index contributed by atoms with van der Waals surface area (Å²) in [6.45, 7) is 1.25. The van der Waals surface area contributed by atoms with E-state index in [4.69, 9.17) is 0 Å². The van der Waals surface area contributed by atoms with Gasteiger partial charge in [-0.2, -0.15) is 4.31 Å². The van der Waals surface area contributed by atoms with E-state index in [0.29, 0.717) is 47.6 Å². The molecule has 1 N–H and O–H groups in total. The number of pyridine rings is 1. The zero-order valence-corrected chi connectivity index (χ0v) is 17.5. The highest BCUT2D eigenvalue weighted by Gasteiger charge is 2.36. The van der Waals surface area contributed by atoms with Crippen LogP contribution in [0.4, 0.5) is 4.39 Å². The molecule has 8 nitrogen and oxygen atoms in total. The van der Waals surface area contributed by atoms with Gasteiger partial charge in [0.15, 0.2) is 5.03 Å². The summed E-state index contributed by atoms with van der Waals surface area (Å²) in [7, 11) is -3.94. The Hall–Kier alpha value is -2.82. The lowest BCUT2D eigenvalue weighted by atomic mass is 10.0. The van der Waals surface area contributed by atoms with E-state index in [1.165, 1.54) is 16.4 Å². The van der Waals surface area contributed by atoms with Crippen LogP contribution in [-0.4, -0.2) is 58.1 Å². The molecule has 0 radical (unpaired) electrons. The van der Waals surface area contributed by atoms with Crippen LogP contribution in [0.2, 0.25) is 0 Å². The number of nitrogens with zero attached hydrogens (tertiary/aromatic N) is 4. The first kappa shape index (κ1) is 20.1. The Morgan fingerprint density at radius 3 is 2.48 bits per heavy atom. The van der Waals surface area contributed by atoms with Crippen LogP contribution in [-0.2, 0) is 23.0 Å². The Bertz CT molecular complexity index is 1280. The van der Waals surface area contributed by atoms with Gasteiger partial charge in [0, 0.05) is 31.2 Å². The van der Waals surface area contributed by atoms with Crippen molar-refractivity contribution in [1.82, 2.24) is 18.9 Å². The normalized spacial score (nSPS) is 17.5. The Kier molecular flexibility index (Phi) is 4.80. The second kappa shape index (κ2) is 7.40. The number of benzene rings is 1. The van der Waals surface area contributed by atoms with Gasteiger partial charge in [-0.25, -0.2) is 22.9 Å². The van der Waals surface area contributed by atoms with E-state index >= 15 is 0 Å². The molecule has 1 amide bonds. The van der Waals surface area contributed by atoms with Crippen LogP contribution >= 0.6 is 0 Å². The Labute approximate surface area is 178 Å². The summed E-state index contributed by atoms with van der Waals surface area (Å²) in [6.07, 6.45) is 3.67. The third-order valence-corrected chi connectivity index (χ3v) is 7.73. The molecule has 31 heavy (non-hydrogen) atoms. The molecule has 1 fully saturated rings. The molecule has 0 aliphatic carbocycles. The van der Waals surface area contributed by atoms with Gasteiger partial charge in [0.1, 0.15) is 11.5 Å². The molecule has 0 bridgehead atoms. The van der Waals surface area contributed by atoms with Gasteiger partial charge in [0.25, 0.3) is 15.9 Å². The lowest BCUT2D eigenvalue weighted by Crippen LogP contribution is -2.37. The minimum Gasteiger partial charge on any atom is -0.341 e. The number of carbonyl (C=O) groups excluding carboxylic acids is 1. The number of hydrogen-bond acceptors (Lipinski definition) is 5. The lowest BCUT2D eigenvalue weighted by Gasteiger charge is -2.24. The quantitative estimate of drug-likeness (QED) is 0.624. The molecule has 10 heteroatoms. The third-order valence-electron chi connectivity index (χ3n) is 5.92. The van der Waals surface area contributed by atoms with Gasteiger partial charge in [0.2, 0.25) is 0 Å². The minimum atomic E-state index is -3.94. The molecular weight excluding hydrogens is 423 g/mol. The summed E-state index contributed by atoms with van der Waals surface area (Å²) in [4.78, 5) is 16.9. The number of halogens is 1. The molecule has 3 aromatic rings. The fourth-order valence-electron chi connectivity index (χ4n) is 4.32. The van der Waals surface area contributed by atoms with Gasteiger partial charge in [-0.1, -0.05) is 12.1 Å². The Morgan fingerprint density at radius 2 is 1.77 bits per heavy atom. The first-order valence-electron chi connectivity index (χ1n) is 10.1. The monoisotopic (exact) mass is 444 g/mol. The average molecular weight is 444 g/mol. The number of amides is 1. The van der Waals surface area contributed by atoms with E-state index < -0.39 is 15.9 Å². The van der Waals surface area contributed by atoms with Crippen molar-refractivity contribution < 1.29 is 22.8 Å². The maximum absolute atomic E-state index is 13.5. The van der Waals surface area contributed by atoms with Crippen LogP contribution in [0.25, 0.3) is 10.9 Å². The molecule has 0 atom stereocenters. The second-order valence-electron chi connectivity index (χ2n) is 7.87. The van der Waals surface area contributed by atoms with E-state index in [0.717, 1.165) is 18.4 Å². The maximum atomic E-state index is 13.5. The predicted molar refractivity (Wildman–Crippen MR) is 110 cm³/mol. The van der Waals surface area contributed by atoms with E-state index in [1.807, 2.05) is 0 Å². The first-order chi connectivity index (χ1) is 14.9. The molecule has 2 aliphatic rings. The zero-order chi connectivity index (χ0) is 21.8. The Balaban J connectivity index is 1.73. The van der Waals surface area contributed by atoms with Crippen LogP contribution in [0.5, 0.6) is 0 Å². The van der Waals surface area contributed by atoms with Crippen molar-refractivity contribution in [3.63, 3.8) is 0 Å². The van der Waals surface area contributed by atoms with Gasteiger partial charge in [-0.05, 0) is 48.6 Å². The molecule has 1 saturated heterocycles. The summed E-state index contributed by atoms with van der Waals surface area (Å²) >= 11 is 0. The van der Waals surface area contributed by atoms with Crippen molar-refractivity contribution in [2.45, 2.75) is 30.8 Å². The highest BCUT2D eigenvalue weighted by atomic mass is 32.2. The largest absolute Gasteiger partial charge is 0.341 e. The van der Waals surface area contributed by atoms with E-state index in [9.17, 15) is 22.8 Å². The molecule has 4 heterocycles. The standard InChI is InChI=1S/C21H21FN4O4S/c22-15-5-3-14(4-6-15)13-24-11-7-17-16-8-12-26(28)21(27)18(16)23-20(19(17)24)31(29,30)25-9-1-2-10-25/h3-7,11,28H,1-2,8-10,12-13H2. The summed E-state index contributed by atoms with van der Waals surface area (Å²) in [5.41, 5.74) is 1.83. The number of carbonyl (C=O) groups is 1. The number of sulfonamides is 1. The summed E-state index contributed by atoms with van der Waals surface area (Å²) in [6, 6.07) is 7.79. The minimum absolute atomic E-state index is 0.0291. The zero-order valence-electron chi connectivity index (χ0n) is 16.7. The molecule has 2 aromatic heterocycles. The molecule has 162 valence electrons. The van der Waals surface area contributed by atoms with Gasteiger partial charge in [-0.15, -0.1) is 0 Å². The molecule has 0 saturated carbocycles. The van der Waals surface area contributed by atoms with Crippen LogP contribution in [0.1, 0.15) is 34.5 Å². The fraction of sp³-hybridized carbons (Fsp3) is 0.333. The van der Waals surface area contributed by atoms with Crippen molar-refractivity contribution >= 4 is 26.8 Å². The van der Waals surface area contributed by atoms with Crippen molar-refractivity contribution in [2.24, 2.45) is 0 Å². The fourth-order valence-corrected chi connectivity index (χ4v) is 5.99. The van der Waals surface area contributed by atoms with E-state index in [1.54, 1.807) is 29.0 Å². The first-order valence-corrected chi connectivity index (χ1v) is 11.6. The van der Waals surface area contributed by atoms with Gasteiger partial charge >= 0.3 is 0 Å². The van der Waals surface area contributed by atoms with E-state index in [-0.39, 0.29) is 23.1 Å². The van der Waals surface area contributed by atoms with Crippen LogP contribution < -0.4 is 0 Å². The summed E-state index contributed by atoms with van der Waals surface area (Å²) in [5, 5.41) is 10.9. The lowest BCUT2D eigenvalue weighted by molar-refractivity contribution is -0.0606. The molecule has 2 aliphatic heterocycles. The smallest absolute Gasteiger partial charge is 0.296 e. The maximum Gasteiger partial charge on any atom is 0.296 e. The molecule has 0 spiro atoms. The highest BCUT2D eigenvalue weighted by molar-refractivity contribution is 7.89. The molecule has 1 aromatic carbocycles. The van der Waals surface area contributed by atoms with Crippen molar-refractivity contribution in [2.75, 3.05) is 19.6 Å². The van der Waals surface area contributed by atoms with Gasteiger partial charge < -0.3 is 4.57 Å². The van der Waals surface area contributed by atoms with Crippen molar-refractivity contribution in [3.8, 4) is 0 Å². The number of fused-ring (bicyclic) bond motifs is 3. The molecule has 5 rings (SSSR count). The van der Waals surface area contributed by atoms with Crippen LogP contribution in [0.15, 0.2) is 41.6 Å². The van der Waals surface area contributed by atoms with Crippen molar-refractivity contribution in [3.05, 3.63) is 59.2 Å². The number of hydroxylamine groups is 2. The van der Waals surface area contributed by atoms with Gasteiger partial charge in [0.05, 0.1) is 12.1 Å². The summed E-state index contributed by atoms with van der Waals surface area (Å²) < 4.78 is 43.4. The van der Waals surface area contributed by atoms with Crippen molar-refractivity contribution in [1.29, 1.82) is 0 Å². The van der Waals surface area contributed by atoms with E-state index in [2.05, 4.69) is 4.98 Å². The van der Waals surface area contributed by atoms with Crippen LogP contribution in [0.3, 0.4) is 0 Å². The molecular formula is C21H21FN4O4S. The Morgan fingerprint density at radius 1 is 1.06 bits per heavy atom. The average Bonchev–Trinajstić information content (AvgIpc) is 3.43. The SMILES string of the molecule is O=C1c2nc(S(=O)(=O)N3CCCC3)c3c(ccn3Cc3ccc(F)cc3)c2CCN1O. The second-order valence-corrected chi connectivity index (χ2v) is 9.72. The third kappa shape index (κ3) is 3.31. The number of rotatable bonds is 4.